The lowest BCUT2D eigenvalue weighted by Gasteiger charge is -2.21. The summed E-state index contributed by atoms with van der Waals surface area (Å²) in [5, 5.41) is 6.29. The van der Waals surface area contributed by atoms with Crippen LogP contribution in [0.15, 0.2) is 34.9 Å². The van der Waals surface area contributed by atoms with Gasteiger partial charge in [0, 0.05) is 23.8 Å². The van der Waals surface area contributed by atoms with Crippen molar-refractivity contribution in [3.63, 3.8) is 0 Å². The average Bonchev–Trinajstić information content (AvgIpc) is 3.10. The minimum Gasteiger partial charge on any atom is -0.383 e. The maximum Gasteiger partial charge on any atom is 0.255 e. The first-order valence-electron chi connectivity index (χ1n) is 9.10. The zero-order chi connectivity index (χ0) is 19.4. The Hall–Kier alpha value is -1.96. The normalized spacial score (nSPS) is 19.2. The summed E-state index contributed by atoms with van der Waals surface area (Å²) >= 11 is 3.32. The van der Waals surface area contributed by atoms with Gasteiger partial charge in [-0.2, -0.15) is 0 Å². The molecule has 2 atom stereocenters. The smallest absolute Gasteiger partial charge is 0.255 e. The monoisotopic (exact) mass is 432 g/mol. The van der Waals surface area contributed by atoms with E-state index in [4.69, 9.17) is 10.5 Å². The standard InChI is InChI=1S/C20H25BrN4O2/c1-3-14-6-13(5-4-12(14)2)11-27-18-10-23-9-17(18)25-20(26)16-7-15(21)8-24-19(16)22/h4-8,17-18,23H,3,9-11H2,1-2H3,(H2,22,24)(H,25,26)/t17-,18-/m0/s1. The van der Waals surface area contributed by atoms with Crippen LogP contribution in [0.5, 0.6) is 0 Å². The molecule has 1 aromatic heterocycles. The number of nitrogen functional groups attached to an aromatic ring is 1. The fourth-order valence-corrected chi connectivity index (χ4v) is 3.58. The first-order chi connectivity index (χ1) is 13.0. The number of nitrogens with one attached hydrogen (secondary N) is 2. The Morgan fingerprint density at radius 2 is 2.22 bits per heavy atom. The van der Waals surface area contributed by atoms with Gasteiger partial charge in [0.2, 0.25) is 0 Å². The predicted octanol–water partition coefficient (Wildman–Crippen LogP) is 2.58. The summed E-state index contributed by atoms with van der Waals surface area (Å²) in [6.45, 7) is 6.16. The van der Waals surface area contributed by atoms with Crippen molar-refractivity contribution in [1.29, 1.82) is 0 Å². The summed E-state index contributed by atoms with van der Waals surface area (Å²) in [6, 6.07) is 7.98. The van der Waals surface area contributed by atoms with Gasteiger partial charge >= 0.3 is 0 Å². The van der Waals surface area contributed by atoms with Crippen molar-refractivity contribution in [3.8, 4) is 0 Å². The zero-order valence-electron chi connectivity index (χ0n) is 15.6. The molecule has 1 aliphatic heterocycles. The Morgan fingerprint density at radius 1 is 1.41 bits per heavy atom. The van der Waals surface area contributed by atoms with Crippen LogP contribution in [0.4, 0.5) is 5.82 Å². The van der Waals surface area contributed by atoms with E-state index in [1.807, 2.05) is 0 Å². The number of pyridine rings is 1. The number of carbonyl (C=O) groups excluding carboxylic acids is 1. The molecule has 3 rings (SSSR count). The molecule has 1 aromatic carbocycles. The number of anilines is 1. The highest BCUT2D eigenvalue weighted by atomic mass is 79.9. The van der Waals surface area contributed by atoms with E-state index in [2.05, 4.69) is 63.6 Å². The van der Waals surface area contributed by atoms with E-state index in [-0.39, 0.29) is 23.9 Å². The van der Waals surface area contributed by atoms with E-state index in [0.717, 1.165) is 12.0 Å². The van der Waals surface area contributed by atoms with Crippen LogP contribution in [-0.2, 0) is 17.8 Å². The van der Waals surface area contributed by atoms with Gasteiger partial charge in [0.1, 0.15) is 5.82 Å². The highest BCUT2D eigenvalue weighted by molar-refractivity contribution is 9.10. The van der Waals surface area contributed by atoms with Gasteiger partial charge in [-0.3, -0.25) is 4.79 Å². The largest absolute Gasteiger partial charge is 0.383 e. The molecule has 27 heavy (non-hydrogen) atoms. The van der Waals surface area contributed by atoms with Crippen molar-refractivity contribution in [2.45, 2.75) is 39.0 Å². The summed E-state index contributed by atoms with van der Waals surface area (Å²) < 4.78 is 6.81. The Morgan fingerprint density at radius 3 is 3.00 bits per heavy atom. The Labute approximate surface area is 168 Å². The summed E-state index contributed by atoms with van der Waals surface area (Å²) in [5.74, 6) is -0.0296. The Kier molecular flexibility index (Phi) is 6.46. The lowest BCUT2D eigenvalue weighted by molar-refractivity contribution is 0.0357. The molecular formula is C20H25BrN4O2. The summed E-state index contributed by atoms with van der Waals surface area (Å²) in [7, 11) is 0. The van der Waals surface area contributed by atoms with Crippen LogP contribution in [0.1, 0.15) is 34.0 Å². The van der Waals surface area contributed by atoms with Crippen molar-refractivity contribution in [3.05, 3.63) is 57.2 Å². The molecule has 0 unspecified atom stereocenters. The van der Waals surface area contributed by atoms with Crippen LogP contribution in [0.25, 0.3) is 0 Å². The second kappa shape index (κ2) is 8.82. The molecule has 4 N–H and O–H groups in total. The molecule has 0 saturated carbocycles. The van der Waals surface area contributed by atoms with E-state index < -0.39 is 0 Å². The maximum atomic E-state index is 12.6. The van der Waals surface area contributed by atoms with Crippen LogP contribution in [0.2, 0.25) is 0 Å². The van der Waals surface area contributed by atoms with Crippen LogP contribution in [0, 0.1) is 6.92 Å². The van der Waals surface area contributed by atoms with Gasteiger partial charge in [-0.25, -0.2) is 4.98 Å². The van der Waals surface area contributed by atoms with E-state index in [1.165, 1.54) is 11.1 Å². The molecule has 1 amide bonds. The molecule has 1 aliphatic rings. The zero-order valence-corrected chi connectivity index (χ0v) is 17.2. The fourth-order valence-electron chi connectivity index (χ4n) is 3.25. The van der Waals surface area contributed by atoms with Gasteiger partial charge in [-0.15, -0.1) is 0 Å². The number of ether oxygens (including phenoxy) is 1. The highest BCUT2D eigenvalue weighted by Gasteiger charge is 2.30. The van der Waals surface area contributed by atoms with Gasteiger partial charge in [-0.1, -0.05) is 25.1 Å². The molecule has 144 valence electrons. The second-order valence-electron chi connectivity index (χ2n) is 6.79. The molecule has 2 aromatic rings. The molecule has 6 nitrogen and oxygen atoms in total. The molecule has 1 saturated heterocycles. The minimum atomic E-state index is -0.243. The van der Waals surface area contributed by atoms with Crippen LogP contribution in [0.3, 0.4) is 0 Å². The average molecular weight is 433 g/mol. The van der Waals surface area contributed by atoms with E-state index in [0.29, 0.717) is 29.7 Å². The van der Waals surface area contributed by atoms with Crippen LogP contribution in [-0.4, -0.2) is 36.1 Å². The molecule has 0 aliphatic carbocycles. The molecule has 2 heterocycles. The summed E-state index contributed by atoms with van der Waals surface area (Å²) in [6.07, 6.45) is 2.48. The highest BCUT2D eigenvalue weighted by Crippen LogP contribution is 2.18. The van der Waals surface area contributed by atoms with E-state index >= 15 is 0 Å². The SMILES string of the molecule is CCc1cc(CO[C@H]2CNC[C@@H]2NC(=O)c2cc(Br)cnc2N)ccc1C. The number of nitrogens with two attached hydrogens (primary N) is 1. The van der Waals surface area contributed by atoms with E-state index in [9.17, 15) is 4.79 Å². The third-order valence-corrected chi connectivity index (χ3v) is 5.30. The number of benzene rings is 1. The van der Waals surface area contributed by atoms with Crippen molar-refractivity contribution in [1.82, 2.24) is 15.6 Å². The number of hydrogen-bond donors (Lipinski definition) is 3. The molecule has 0 spiro atoms. The van der Waals surface area contributed by atoms with Crippen LogP contribution >= 0.6 is 15.9 Å². The first-order valence-corrected chi connectivity index (χ1v) is 9.89. The summed E-state index contributed by atoms with van der Waals surface area (Å²) in [5.41, 5.74) is 9.98. The van der Waals surface area contributed by atoms with Crippen molar-refractivity contribution in [2.24, 2.45) is 0 Å². The minimum absolute atomic E-state index is 0.0957. The first kappa shape index (κ1) is 19.8. The van der Waals surface area contributed by atoms with E-state index in [1.54, 1.807) is 12.3 Å². The van der Waals surface area contributed by atoms with Gasteiger partial charge in [0.15, 0.2) is 0 Å². The topological polar surface area (TPSA) is 89.3 Å². The molecule has 0 radical (unpaired) electrons. The van der Waals surface area contributed by atoms with Crippen molar-refractivity contribution < 1.29 is 9.53 Å². The lowest BCUT2D eigenvalue weighted by atomic mass is 10.0. The fraction of sp³-hybridized carbons (Fsp3) is 0.400. The molecule has 0 bridgehead atoms. The van der Waals surface area contributed by atoms with Crippen molar-refractivity contribution >= 4 is 27.7 Å². The third kappa shape index (κ3) is 4.86. The number of amides is 1. The second-order valence-corrected chi connectivity index (χ2v) is 7.70. The molecule has 7 heteroatoms. The van der Waals surface area contributed by atoms with Gasteiger partial charge in [0.25, 0.3) is 5.91 Å². The van der Waals surface area contributed by atoms with Gasteiger partial charge in [-0.05, 0) is 52.0 Å². The third-order valence-electron chi connectivity index (χ3n) is 4.86. The lowest BCUT2D eigenvalue weighted by Crippen LogP contribution is -2.44. The number of carbonyl (C=O) groups is 1. The number of rotatable bonds is 6. The maximum absolute atomic E-state index is 12.6. The predicted molar refractivity (Wildman–Crippen MR) is 110 cm³/mol. The summed E-state index contributed by atoms with van der Waals surface area (Å²) in [4.78, 5) is 16.6. The number of aromatic nitrogens is 1. The van der Waals surface area contributed by atoms with Crippen LogP contribution < -0.4 is 16.4 Å². The quantitative estimate of drug-likeness (QED) is 0.652. The van der Waals surface area contributed by atoms with Gasteiger partial charge < -0.3 is 21.1 Å². The van der Waals surface area contributed by atoms with Crippen molar-refractivity contribution in [2.75, 3.05) is 18.8 Å². The number of halogens is 1. The number of nitrogens with zero attached hydrogens (tertiary/aromatic N) is 1. The Balaban J connectivity index is 1.62. The molecular weight excluding hydrogens is 408 g/mol. The Bertz CT molecular complexity index is 828. The number of hydrogen-bond acceptors (Lipinski definition) is 5. The molecule has 1 fully saturated rings. The van der Waals surface area contributed by atoms with Gasteiger partial charge in [0.05, 0.1) is 24.3 Å². The number of aryl methyl sites for hydroxylation is 2.